The number of nitrogens with one attached hydrogen (secondary N) is 1. The minimum atomic E-state index is 0.110. The van der Waals surface area contributed by atoms with Crippen LogP contribution in [-0.2, 0) is 19.7 Å². The molecule has 0 aromatic heterocycles. The van der Waals surface area contributed by atoms with Crippen molar-refractivity contribution in [2.45, 2.75) is 49.9 Å². The van der Waals surface area contributed by atoms with Crippen molar-refractivity contribution in [1.29, 1.82) is 0 Å². The molecule has 1 N–H and O–H groups in total. The Morgan fingerprint density at radius 3 is 2.59 bits per heavy atom. The molecule has 5 heteroatoms. The molecule has 1 spiro atoms. The maximum absolute atomic E-state index is 12.9. The topological polar surface area (TPSA) is 58.6 Å². The Bertz CT molecular complexity index is 703. The number of ether oxygens (including phenoxy) is 1. The van der Waals surface area contributed by atoms with Crippen LogP contribution in [0.3, 0.4) is 0 Å². The molecular formula is C22H30N2O3. The van der Waals surface area contributed by atoms with Crippen LogP contribution >= 0.6 is 0 Å². The van der Waals surface area contributed by atoms with Crippen molar-refractivity contribution >= 4 is 11.8 Å². The fraction of sp³-hybridized carbons (Fsp3) is 0.636. The molecule has 0 bridgehead atoms. The number of nitrogens with zero attached hydrogens (tertiary/aromatic N) is 1. The van der Waals surface area contributed by atoms with Crippen molar-refractivity contribution < 1.29 is 14.3 Å². The van der Waals surface area contributed by atoms with Gasteiger partial charge in [-0.1, -0.05) is 24.3 Å². The molecule has 5 nitrogen and oxygen atoms in total. The van der Waals surface area contributed by atoms with Gasteiger partial charge < -0.3 is 15.0 Å². The molecule has 0 radical (unpaired) electrons. The number of amides is 2. The molecule has 1 aromatic rings. The third-order valence-corrected chi connectivity index (χ3v) is 6.92. The minimum absolute atomic E-state index is 0.110. The van der Waals surface area contributed by atoms with Gasteiger partial charge in [-0.15, -0.1) is 0 Å². The highest BCUT2D eigenvalue weighted by atomic mass is 16.5. The van der Waals surface area contributed by atoms with Crippen LogP contribution in [0.25, 0.3) is 0 Å². The maximum atomic E-state index is 12.9. The highest BCUT2D eigenvalue weighted by Gasteiger charge is 2.46. The second kappa shape index (κ2) is 7.63. The van der Waals surface area contributed by atoms with Crippen LogP contribution < -0.4 is 5.32 Å². The van der Waals surface area contributed by atoms with E-state index in [1.165, 1.54) is 11.1 Å². The van der Waals surface area contributed by atoms with Crippen LogP contribution in [0.4, 0.5) is 0 Å². The van der Waals surface area contributed by atoms with E-state index in [2.05, 4.69) is 34.5 Å². The number of carbonyl (C=O) groups excluding carboxylic acids is 2. The summed E-state index contributed by atoms with van der Waals surface area (Å²) in [4.78, 5) is 26.9. The Labute approximate surface area is 161 Å². The molecule has 0 saturated carbocycles. The first kappa shape index (κ1) is 18.5. The Morgan fingerprint density at radius 2 is 1.89 bits per heavy atom. The smallest absolute Gasteiger partial charge is 0.225 e. The molecule has 2 fully saturated rings. The monoisotopic (exact) mass is 370 g/mol. The third-order valence-electron chi connectivity index (χ3n) is 6.92. The van der Waals surface area contributed by atoms with E-state index < -0.39 is 0 Å². The van der Waals surface area contributed by atoms with E-state index in [-0.39, 0.29) is 17.2 Å². The van der Waals surface area contributed by atoms with Crippen LogP contribution in [0.5, 0.6) is 0 Å². The Balaban J connectivity index is 1.47. The second-order valence-electron chi connectivity index (χ2n) is 8.36. The van der Waals surface area contributed by atoms with Crippen LogP contribution in [0.15, 0.2) is 24.3 Å². The largest absolute Gasteiger partial charge is 0.381 e. The van der Waals surface area contributed by atoms with Gasteiger partial charge in [0.2, 0.25) is 11.8 Å². The van der Waals surface area contributed by atoms with Crippen LogP contribution in [0.2, 0.25) is 0 Å². The number of likely N-dealkylation sites (tertiary alicyclic amines) is 1. The first-order chi connectivity index (χ1) is 13.1. The van der Waals surface area contributed by atoms with Crippen molar-refractivity contribution in [3.8, 4) is 0 Å². The summed E-state index contributed by atoms with van der Waals surface area (Å²) in [6.45, 7) is 3.08. The van der Waals surface area contributed by atoms with E-state index in [0.29, 0.717) is 31.5 Å². The van der Waals surface area contributed by atoms with Gasteiger partial charge in [0.05, 0.1) is 0 Å². The van der Waals surface area contributed by atoms with Gasteiger partial charge in [-0.05, 0) is 54.6 Å². The molecule has 2 saturated heterocycles. The predicted octanol–water partition coefficient (Wildman–Crippen LogP) is 2.60. The van der Waals surface area contributed by atoms with Gasteiger partial charge in [-0.2, -0.15) is 0 Å². The van der Waals surface area contributed by atoms with Gasteiger partial charge in [-0.25, -0.2) is 0 Å². The molecule has 4 rings (SSSR count). The summed E-state index contributed by atoms with van der Waals surface area (Å²) in [6.07, 6.45) is 5.31. The average molecular weight is 370 g/mol. The first-order valence-electron chi connectivity index (χ1n) is 10.3. The normalized spacial score (nSPS) is 24.6. The van der Waals surface area contributed by atoms with Gasteiger partial charge in [0.15, 0.2) is 0 Å². The lowest BCUT2D eigenvalue weighted by Gasteiger charge is -2.41. The lowest BCUT2D eigenvalue weighted by atomic mass is 9.73. The number of hydrogen-bond acceptors (Lipinski definition) is 3. The van der Waals surface area contributed by atoms with Crippen LogP contribution in [0.1, 0.15) is 55.6 Å². The molecular weight excluding hydrogens is 340 g/mol. The lowest BCUT2D eigenvalue weighted by molar-refractivity contribution is -0.140. The van der Waals surface area contributed by atoms with Gasteiger partial charge >= 0.3 is 0 Å². The first-order valence-corrected chi connectivity index (χ1v) is 10.3. The van der Waals surface area contributed by atoms with Crippen molar-refractivity contribution in [3.05, 3.63) is 35.4 Å². The fourth-order valence-corrected chi connectivity index (χ4v) is 5.37. The van der Waals surface area contributed by atoms with Crippen LogP contribution in [-0.4, -0.2) is 50.1 Å². The molecule has 2 aliphatic heterocycles. The van der Waals surface area contributed by atoms with Crippen molar-refractivity contribution in [3.63, 3.8) is 0 Å². The quantitative estimate of drug-likeness (QED) is 0.890. The predicted molar refractivity (Wildman–Crippen MR) is 104 cm³/mol. The Hall–Kier alpha value is -1.88. The molecule has 1 aliphatic carbocycles. The summed E-state index contributed by atoms with van der Waals surface area (Å²) in [6, 6.07) is 8.63. The highest BCUT2D eigenvalue weighted by Crippen LogP contribution is 2.52. The van der Waals surface area contributed by atoms with Gasteiger partial charge in [0.25, 0.3) is 0 Å². The molecule has 146 valence electrons. The summed E-state index contributed by atoms with van der Waals surface area (Å²) in [5.74, 6) is 0.865. The summed E-state index contributed by atoms with van der Waals surface area (Å²) < 4.78 is 5.40. The van der Waals surface area contributed by atoms with Gasteiger partial charge in [-0.3, -0.25) is 9.59 Å². The zero-order chi connectivity index (χ0) is 18.9. The number of carbonyl (C=O) groups is 2. The van der Waals surface area contributed by atoms with Crippen molar-refractivity contribution in [1.82, 2.24) is 10.2 Å². The van der Waals surface area contributed by atoms with E-state index >= 15 is 0 Å². The zero-order valence-electron chi connectivity index (χ0n) is 16.2. The standard InChI is InChI=1S/C22H30N2O3/c1-23-20(25)14-17-15-22(19-5-3-2-4-18(17)19)8-10-24(11-9-22)21(26)16-6-12-27-13-7-16/h2-5,16-17H,6-15H2,1H3,(H,23,25)/t17-/m1/s1. The van der Waals surface area contributed by atoms with Crippen LogP contribution in [0, 0.1) is 5.92 Å². The number of hydrogen-bond donors (Lipinski definition) is 1. The van der Waals surface area contributed by atoms with E-state index in [0.717, 1.165) is 45.2 Å². The van der Waals surface area contributed by atoms with E-state index in [1.54, 1.807) is 7.05 Å². The summed E-state index contributed by atoms with van der Waals surface area (Å²) in [5, 5.41) is 2.77. The highest BCUT2D eigenvalue weighted by molar-refractivity contribution is 5.79. The van der Waals surface area contributed by atoms with E-state index in [1.807, 2.05) is 0 Å². The average Bonchev–Trinajstić information content (AvgIpc) is 3.02. The maximum Gasteiger partial charge on any atom is 0.225 e. The number of benzene rings is 1. The molecule has 1 atom stereocenters. The molecule has 1 aromatic carbocycles. The summed E-state index contributed by atoms with van der Waals surface area (Å²) in [5.41, 5.74) is 2.88. The van der Waals surface area contributed by atoms with E-state index in [9.17, 15) is 9.59 Å². The summed E-state index contributed by atoms with van der Waals surface area (Å²) >= 11 is 0. The molecule has 27 heavy (non-hydrogen) atoms. The van der Waals surface area contributed by atoms with Gasteiger partial charge in [0.1, 0.15) is 0 Å². The number of rotatable bonds is 3. The Kier molecular flexibility index (Phi) is 5.22. The van der Waals surface area contributed by atoms with E-state index in [4.69, 9.17) is 4.74 Å². The van der Waals surface area contributed by atoms with Crippen molar-refractivity contribution in [2.24, 2.45) is 5.92 Å². The van der Waals surface area contributed by atoms with Gasteiger partial charge in [0, 0.05) is 45.7 Å². The molecule has 0 unspecified atom stereocenters. The number of piperidine rings is 1. The molecule has 2 heterocycles. The third kappa shape index (κ3) is 3.49. The zero-order valence-corrected chi connectivity index (χ0v) is 16.2. The Morgan fingerprint density at radius 1 is 1.19 bits per heavy atom. The molecule has 2 amide bonds. The SMILES string of the molecule is CNC(=O)C[C@@H]1CC2(CCN(C(=O)C3CCOCC3)CC2)c2ccccc21. The molecule has 3 aliphatic rings. The second-order valence-corrected chi connectivity index (χ2v) is 8.36. The van der Waals surface area contributed by atoms with Crippen molar-refractivity contribution in [2.75, 3.05) is 33.4 Å². The summed E-state index contributed by atoms with van der Waals surface area (Å²) in [7, 11) is 1.71. The number of fused-ring (bicyclic) bond motifs is 2. The lowest BCUT2D eigenvalue weighted by Crippen LogP contribution is -2.47. The fourth-order valence-electron chi connectivity index (χ4n) is 5.37. The minimum Gasteiger partial charge on any atom is -0.381 e.